The second kappa shape index (κ2) is 6.90. The molecule has 0 saturated carbocycles. The van der Waals surface area contributed by atoms with Crippen LogP contribution in [-0.4, -0.2) is 16.5 Å². The first-order chi connectivity index (χ1) is 10.1. The fraction of sp³-hybridized carbons (Fsp3) is 0.412. The van der Waals surface area contributed by atoms with E-state index in [2.05, 4.69) is 60.8 Å². The van der Waals surface area contributed by atoms with Gasteiger partial charge in [0.1, 0.15) is 5.82 Å². The van der Waals surface area contributed by atoms with Gasteiger partial charge in [0, 0.05) is 18.2 Å². The van der Waals surface area contributed by atoms with E-state index in [0.717, 1.165) is 23.8 Å². The zero-order valence-corrected chi connectivity index (χ0v) is 13.9. The maximum Gasteiger partial charge on any atom is 0.131 e. The van der Waals surface area contributed by atoms with E-state index in [1.807, 2.05) is 12.3 Å². The standard InChI is InChI=1S/C17H22ClN3/c1-5-21(15-9-7-6-8-13(15)4)16-11-19-17(12(2)3)20-14(16)10-18/h6-9,11-12H,5,10H2,1-4H3. The summed E-state index contributed by atoms with van der Waals surface area (Å²) in [6.45, 7) is 9.26. The number of hydrogen-bond acceptors (Lipinski definition) is 3. The number of rotatable bonds is 5. The summed E-state index contributed by atoms with van der Waals surface area (Å²) in [7, 11) is 0. The Bertz CT molecular complexity index is 611. The molecule has 2 rings (SSSR count). The zero-order chi connectivity index (χ0) is 15.4. The number of alkyl halides is 1. The van der Waals surface area contributed by atoms with Gasteiger partial charge in [-0.2, -0.15) is 0 Å². The fourth-order valence-electron chi connectivity index (χ4n) is 2.36. The van der Waals surface area contributed by atoms with E-state index < -0.39 is 0 Å². The zero-order valence-electron chi connectivity index (χ0n) is 13.1. The molecule has 0 bridgehead atoms. The van der Waals surface area contributed by atoms with E-state index in [9.17, 15) is 0 Å². The average molecular weight is 304 g/mol. The normalized spacial score (nSPS) is 11.0. The van der Waals surface area contributed by atoms with Crippen molar-refractivity contribution in [3.8, 4) is 0 Å². The molecule has 112 valence electrons. The van der Waals surface area contributed by atoms with Gasteiger partial charge in [0.2, 0.25) is 0 Å². The molecule has 0 saturated heterocycles. The highest BCUT2D eigenvalue weighted by Crippen LogP contribution is 2.30. The van der Waals surface area contributed by atoms with Gasteiger partial charge >= 0.3 is 0 Å². The van der Waals surface area contributed by atoms with Crippen molar-refractivity contribution in [1.82, 2.24) is 9.97 Å². The van der Waals surface area contributed by atoms with Gasteiger partial charge in [0.25, 0.3) is 0 Å². The van der Waals surface area contributed by atoms with Crippen LogP contribution in [0.3, 0.4) is 0 Å². The maximum absolute atomic E-state index is 6.12. The molecule has 1 aromatic carbocycles. The summed E-state index contributed by atoms with van der Waals surface area (Å²) in [4.78, 5) is 11.3. The van der Waals surface area contributed by atoms with Crippen molar-refractivity contribution in [1.29, 1.82) is 0 Å². The van der Waals surface area contributed by atoms with Crippen molar-refractivity contribution in [2.45, 2.75) is 39.5 Å². The third-order valence-corrected chi connectivity index (χ3v) is 3.77. The lowest BCUT2D eigenvalue weighted by molar-refractivity contribution is 0.762. The van der Waals surface area contributed by atoms with Gasteiger partial charge in [-0.3, -0.25) is 0 Å². The summed E-state index contributed by atoms with van der Waals surface area (Å²) in [5.41, 5.74) is 4.28. The number of aromatic nitrogens is 2. The minimum absolute atomic E-state index is 0.301. The van der Waals surface area contributed by atoms with Crippen molar-refractivity contribution < 1.29 is 0 Å². The molecular weight excluding hydrogens is 282 g/mol. The van der Waals surface area contributed by atoms with Crippen LogP contribution < -0.4 is 4.90 Å². The molecule has 0 spiro atoms. The van der Waals surface area contributed by atoms with E-state index in [1.165, 1.54) is 11.3 Å². The molecular formula is C17H22ClN3. The Morgan fingerprint density at radius 3 is 2.48 bits per heavy atom. The number of hydrogen-bond donors (Lipinski definition) is 0. The third kappa shape index (κ3) is 3.35. The maximum atomic E-state index is 6.12. The molecule has 0 atom stereocenters. The van der Waals surface area contributed by atoms with Crippen LogP contribution in [0.15, 0.2) is 30.5 Å². The molecule has 2 aromatic rings. The lowest BCUT2D eigenvalue weighted by Crippen LogP contribution is -2.20. The molecule has 0 aliphatic heterocycles. The first-order valence-electron chi connectivity index (χ1n) is 7.33. The molecule has 3 nitrogen and oxygen atoms in total. The van der Waals surface area contributed by atoms with Crippen LogP contribution in [0.2, 0.25) is 0 Å². The molecule has 0 radical (unpaired) electrons. The SMILES string of the molecule is CCN(c1ccccc1C)c1cnc(C(C)C)nc1CCl. The van der Waals surface area contributed by atoms with Gasteiger partial charge in [0.05, 0.1) is 23.5 Å². The average Bonchev–Trinajstić information content (AvgIpc) is 2.49. The summed E-state index contributed by atoms with van der Waals surface area (Å²) in [6, 6.07) is 8.33. The Labute approximate surface area is 132 Å². The summed E-state index contributed by atoms with van der Waals surface area (Å²) >= 11 is 6.12. The molecule has 0 aliphatic carbocycles. The van der Waals surface area contributed by atoms with Gasteiger partial charge in [-0.25, -0.2) is 9.97 Å². The molecule has 0 N–H and O–H groups in total. The van der Waals surface area contributed by atoms with Gasteiger partial charge in [0.15, 0.2) is 0 Å². The van der Waals surface area contributed by atoms with Crippen molar-refractivity contribution >= 4 is 23.0 Å². The first-order valence-corrected chi connectivity index (χ1v) is 7.86. The predicted molar refractivity (Wildman–Crippen MR) is 89.5 cm³/mol. The van der Waals surface area contributed by atoms with Crippen LogP contribution in [0.4, 0.5) is 11.4 Å². The van der Waals surface area contributed by atoms with Crippen molar-refractivity contribution in [2.24, 2.45) is 0 Å². The number of anilines is 2. The Morgan fingerprint density at radius 2 is 1.90 bits per heavy atom. The monoisotopic (exact) mass is 303 g/mol. The van der Waals surface area contributed by atoms with Crippen LogP contribution in [0, 0.1) is 6.92 Å². The highest BCUT2D eigenvalue weighted by atomic mass is 35.5. The van der Waals surface area contributed by atoms with Gasteiger partial charge in [-0.15, -0.1) is 11.6 Å². The second-order valence-corrected chi connectivity index (χ2v) is 5.65. The smallest absolute Gasteiger partial charge is 0.131 e. The molecule has 0 fully saturated rings. The Balaban J connectivity index is 2.50. The van der Waals surface area contributed by atoms with Crippen LogP contribution in [0.25, 0.3) is 0 Å². The molecule has 0 aliphatic rings. The quantitative estimate of drug-likeness (QED) is 0.743. The van der Waals surface area contributed by atoms with E-state index in [-0.39, 0.29) is 0 Å². The largest absolute Gasteiger partial charge is 0.339 e. The summed E-state index contributed by atoms with van der Waals surface area (Å²) in [5, 5.41) is 0. The minimum Gasteiger partial charge on any atom is -0.339 e. The summed E-state index contributed by atoms with van der Waals surface area (Å²) in [5.74, 6) is 1.53. The van der Waals surface area contributed by atoms with Crippen LogP contribution in [-0.2, 0) is 5.88 Å². The first kappa shape index (κ1) is 15.8. The number of halogens is 1. The minimum atomic E-state index is 0.301. The van der Waals surface area contributed by atoms with E-state index in [1.54, 1.807) is 0 Å². The molecule has 4 heteroatoms. The number of benzene rings is 1. The van der Waals surface area contributed by atoms with Gasteiger partial charge < -0.3 is 4.90 Å². The molecule has 1 heterocycles. The van der Waals surface area contributed by atoms with Crippen LogP contribution >= 0.6 is 11.6 Å². The Kier molecular flexibility index (Phi) is 5.18. The summed E-state index contributed by atoms with van der Waals surface area (Å²) < 4.78 is 0. The van der Waals surface area contributed by atoms with E-state index >= 15 is 0 Å². The highest BCUT2D eigenvalue weighted by Gasteiger charge is 2.16. The molecule has 21 heavy (non-hydrogen) atoms. The highest BCUT2D eigenvalue weighted by molar-refractivity contribution is 6.17. The van der Waals surface area contributed by atoms with Crippen molar-refractivity contribution in [2.75, 3.05) is 11.4 Å². The van der Waals surface area contributed by atoms with Crippen LogP contribution in [0.5, 0.6) is 0 Å². The fourth-order valence-corrected chi connectivity index (χ4v) is 2.56. The predicted octanol–water partition coefficient (Wildman–Crippen LogP) is 4.81. The van der Waals surface area contributed by atoms with Crippen LogP contribution in [0.1, 0.15) is 43.8 Å². The summed E-state index contributed by atoms with van der Waals surface area (Å²) in [6.07, 6.45) is 1.90. The number of aryl methyl sites for hydroxylation is 1. The van der Waals surface area contributed by atoms with E-state index in [4.69, 9.17) is 11.6 Å². The van der Waals surface area contributed by atoms with Crippen molar-refractivity contribution in [3.05, 3.63) is 47.5 Å². The second-order valence-electron chi connectivity index (χ2n) is 5.38. The molecule has 0 amide bonds. The van der Waals surface area contributed by atoms with Gasteiger partial charge in [-0.1, -0.05) is 32.0 Å². The Morgan fingerprint density at radius 1 is 1.19 bits per heavy atom. The van der Waals surface area contributed by atoms with Crippen molar-refractivity contribution in [3.63, 3.8) is 0 Å². The molecule has 0 unspecified atom stereocenters. The third-order valence-electron chi connectivity index (χ3n) is 3.52. The lowest BCUT2D eigenvalue weighted by atomic mass is 10.1. The molecule has 1 aromatic heterocycles. The lowest BCUT2D eigenvalue weighted by Gasteiger charge is -2.26. The number of para-hydroxylation sites is 1. The van der Waals surface area contributed by atoms with E-state index in [0.29, 0.717) is 11.8 Å². The van der Waals surface area contributed by atoms with Gasteiger partial charge in [-0.05, 0) is 25.5 Å². The number of nitrogens with zero attached hydrogens (tertiary/aromatic N) is 3. The topological polar surface area (TPSA) is 29.0 Å². The Hall–Kier alpha value is -1.61.